The molecule has 3 aromatic rings. The molecule has 0 radical (unpaired) electrons. The summed E-state index contributed by atoms with van der Waals surface area (Å²) < 4.78 is 5.82. The Morgan fingerprint density at radius 3 is 2.33 bits per heavy atom. The minimum atomic E-state index is 0.662. The largest absolute Gasteiger partial charge is 0.420 e. The Morgan fingerprint density at radius 1 is 0.952 bits per heavy atom. The lowest BCUT2D eigenvalue weighted by molar-refractivity contribution is 0.584. The number of hydrogen-bond donors (Lipinski definition) is 1. The van der Waals surface area contributed by atoms with Gasteiger partial charge in [0.05, 0.1) is 0 Å². The molecule has 1 heterocycles. The fraction of sp³-hybridized carbons (Fsp3) is 0.167. The van der Waals surface area contributed by atoms with E-state index in [4.69, 9.17) is 4.42 Å². The SMILES string of the molecule is Cc1nc(-c2ccccc2)oc1NCCc1ccccc1. The fourth-order valence-corrected chi connectivity index (χ4v) is 2.23. The maximum atomic E-state index is 5.82. The van der Waals surface area contributed by atoms with Gasteiger partial charge in [0.2, 0.25) is 11.8 Å². The van der Waals surface area contributed by atoms with Crippen LogP contribution in [0.5, 0.6) is 0 Å². The maximum Gasteiger partial charge on any atom is 0.228 e. The van der Waals surface area contributed by atoms with Crippen LogP contribution in [0.2, 0.25) is 0 Å². The molecule has 1 aromatic heterocycles. The summed E-state index contributed by atoms with van der Waals surface area (Å²) in [7, 11) is 0. The molecule has 3 heteroatoms. The van der Waals surface area contributed by atoms with E-state index in [1.165, 1.54) is 5.56 Å². The monoisotopic (exact) mass is 278 g/mol. The molecular weight excluding hydrogens is 260 g/mol. The summed E-state index contributed by atoms with van der Waals surface area (Å²) in [6.07, 6.45) is 0.960. The third-order valence-corrected chi connectivity index (χ3v) is 3.36. The van der Waals surface area contributed by atoms with Gasteiger partial charge in [-0.2, -0.15) is 0 Å². The van der Waals surface area contributed by atoms with Gasteiger partial charge in [-0.15, -0.1) is 0 Å². The van der Waals surface area contributed by atoms with Crippen LogP contribution >= 0.6 is 0 Å². The van der Waals surface area contributed by atoms with Gasteiger partial charge in [0.25, 0.3) is 0 Å². The summed E-state index contributed by atoms with van der Waals surface area (Å²) in [6, 6.07) is 20.4. The summed E-state index contributed by atoms with van der Waals surface area (Å²) >= 11 is 0. The van der Waals surface area contributed by atoms with Gasteiger partial charge in [-0.1, -0.05) is 48.5 Å². The number of aryl methyl sites for hydroxylation is 1. The predicted molar refractivity (Wildman–Crippen MR) is 85.3 cm³/mol. The maximum absolute atomic E-state index is 5.82. The lowest BCUT2D eigenvalue weighted by Gasteiger charge is -2.03. The summed E-state index contributed by atoms with van der Waals surface area (Å²) in [6.45, 7) is 2.79. The van der Waals surface area contributed by atoms with Crippen LogP contribution in [0.3, 0.4) is 0 Å². The molecule has 0 saturated heterocycles. The molecule has 0 unspecified atom stereocenters. The second kappa shape index (κ2) is 6.27. The van der Waals surface area contributed by atoms with E-state index in [-0.39, 0.29) is 0 Å². The number of rotatable bonds is 5. The van der Waals surface area contributed by atoms with Crippen LogP contribution in [0.25, 0.3) is 11.5 Å². The summed E-state index contributed by atoms with van der Waals surface area (Å²) in [5, 5.41) is 3.32. The van der Waals surface area contributed by atoms with E-state index in [9.17, 15) is 0 Å². The number of nitrogens with one attached hydrogen (secondary N) is 1. The van der Waals surface area contributed by atoms with E-state index in [1.807, 2.05) is 43.3 Å². The lowest BCUT2D eigenvalue weighted by atomic mass is 10.1. The van der Waals surface area contributed by atoms with E-state index in [1.54, 1.807) is 0 Å². The second-order valence-electron chi connectivity index (χ2n) is 4.96. The molecule has 0 saturated carbocycles. The van der Waals surface area contributed by atoms with Crippen molar-refractivity contribution in [1.82, 2.24) is 4.98 Å². The standard InChI is InChI=1S/C18H18N2O/c1-14-17(19-13-12-15-8-4-2-5-9-15)21-18(20-14)16-10-6-3-7-11-16/h2-11,19H,12-13H2,1H3. The lowest BCUT2D eigenvalue weighted by Crippen LogP contribution is -2.04. The number of benzene rings is 2. The molecule has 3 rings (SSSR count). The average Bonchev–Trinajstić information content (AvgIpc) is 2.91. The molecule has 0 aliphatic heterocycles. The average molecular weight is 278 g/mol. The third-order valence-electron chi connectivity index (χ3n) is 3.36. The highest BCUT2D eigenvalue weighted by atomic mass is 16.4. The summed E-state index contributed by atoms with van der Waals surface area (Å²) in [5.41, 5.74) is 3.20. The van der Waals surface area contributed by atoms with Crippen LogP contribution in [0, 0.1) is 6.92 Å². The van der Waals surface area contributed by atoms with Crippen molar-refractivity contribution in [2.45, 2.75) is 13.3 Å². The molecule has 106 valence electrons. The van der Waals surface area contributed by atoms with E-state index in [2.05, 4.69) is 34.6 Å². The predicted octanol–water partition coefficient (Wildman–Crippen LogP) is 4.30. The molecule has 0 spiro atoms. The van der Waals surface area contributed by atoms with E-state index < -0.39 is 0 Å². The molecular formula is C18H18N2O. The van der Waals surface area contributed by atoms with Crippen LogP contribution in [-0.4, -0.2) is 11.5 Å². The molecule has 1 N–H and O–H groups in total. The van der Waals surface area contributed by atoms with Crippen LogP contribution in [0.15, 0.2) is 65.1 Å². The van der Waals surface area contributed by atoms with Gasteiger partial charge in [-0.25, -0.2) is 4.98 Å². The van der Waals surface area contributed by atoms with Gasteiger partial charge in [0.15, 0.2) is 0 Å². The van der Waals surface area contributed by atoms with Crippen molar-refractivity contribution in [2.24, 2.45) is 0 Å². The van der Waals surface area contributed by atoms with E-state index >= 15 is 0 Å². The Hall–Kier alpha value is -2.55. The Labute approximate surface area is 124 Å². The first-order chi connectivity index (χ1) is 10.3. The van der Waals surface area contributed by atoms with Crippen LogP contribution in [0.4, 0.5) is 5.88 Å². The highest BCUT2D eigenvalue weighted by Crippen LogP contribution is 2.24. The number of oxazole rings is 1. The molecule has 0 atom stereocenters. The zero-order chi connectivity index (χ0) is 14.5. The molecule has 3 nitrogen and oxygen atoms in total. The van der Waals surface area contributed by atoms with Crippen LogP contribution in [0.1, 0.15) is 11.3 Å². The zero-order valence-corrected chi connectivity index (χ0v) is 12.0. The minimum Gasteiger partial charge on any atom is -0.420 e. The third kappa shape index (κ3) is 3.31. The number of aromatic nitrogens is 1. The van der Waals surface area contributed by atoms with Crippen LogP contribution < -0.4 is 5.32 Å². The van der Waals surface area contributed by atoms with Gasteiger partial charge in [-0.3, -0.25) is 0 Å². The molecule has 2 aromatic carbocycles. The molecule has 21 heavy (non-hydrogen) atoms. The molecule has 0 bridgehead atoms. The summed E-state index contributed by atoms with van der Waals surface area (Å²) in [4.78, 5) is 4.48. The van der Waals surface area contributed by atoms with Gasteiger partial charge in [-0.05, 0) is 31.0 Å². The number of nitrogens with zero attached hydrogens (tertiary/aromatic N) is 1. The van der Waals surface area contributed by atoms with Crippen molar-refractivity contribution in [3.8, 4) is 11.5 Å². The van der Waals surface area contributed by atoms with Crippen LogP contribution in [-0.2, 0) is 6.42 Å². The van der Waals surface area contributed by atoms with Crippen molar-refractivity contribution < 1.29 is 4.42 Å². The van der Waals surface area contributed by atoms with Gasteiger partial charge in [0, 0.05) is 12.1 Å². The Bertz CT molecular complexity index is 690. The quantitative estimate of drug-likeness (QED) is 0.756. The molecule has 0 fully saturated rings. The number of hydrogen-bond acceptors (Lipinski definition) is 3. The molecule has 0 aliphatic carbocycles. The fourth-order valence-electron chi connectivity index (χ4n) is 2.23. The Kier molecular flexibility index (Phi) is 4.01. The van der Waals surface area contributed by atoms with Crippen molar-refractivity contribution >= 4 is 5.88 Å². The van der Waals surface area contributed by atoms with Gasteiger partial charge in [0.1, 0.15) is 5.69 Å². The molecule has 0 aliphatic rings. The van der Waals surface area contributed by atoms with E-state index in [0.29, 0.717) is 5.89 Å². The topological polar surface area (TPSA) is 38.1 Å². The van der Waals surface area contributed by atoms with Crippen molar-refractivity contribution in [1.29, 1.82) is 0 Å². The first-order valence-electron chi connectivity index (χ1n) is 7.13. The highest BCUT2D eigenvalue weighted by Gasteiger charge is 2.10. The first-order valence-corrected chi connectivity index (χ1v) is 7.13. The number of anilines is 1. The normalized spacial score (nSPS) is 10.5. The van der Waals surface area contributed by atoms with Gasteiger partial charge >= 0.3 is 0 Å². The highest BCUT2D eigenvalue weighted by molar-refractivity contribution is 5.56. The van der Waals surface area contributed by atoms with Gasteiger partial charge < -0.3 is 9.73 Å². The summed E-state index contributed by atoms with van der Waals surface area (Å²) in [5.74, 6) is 1.42. The van der Waals surface area contributed by atoms with E-state index in [0.717, 1.165) is 30.1 Å². The van der Waals surface area contributed by atoms with Crippen molar-refractivity contribution in [3.05, 3.63) is 71.9 Å². The van der Waals surface area contributed by atoms with Crippen molar-refractivity contribution in [2.75, 3.05) is 11.9 Å². The Balaban J connectivity index is 1.65. The first kappa shape index (κ1) is 13.4. The molecule has 0 amide bonds. The minimum absolute atomic E-state index is 0.662. The zero-order valence-electron chi connectivity index (χ0n) is 12.0. The second-order valence-corrected chi connectivity index (χ2v) is 4.96. The smallest absolute Gasteiger partial charge is 0.228 e. The van der Waals surface area contributed by atoms with Crippen molar-refractivity contribution in [3.63, 3.8) is 0 Å². The Morgan fingerprint density at radius 2 is 1.62 bits per heavy atom.